The van der Waals surface area contributed by atoms with Gasteiger partial charge in [0.15, 0.2) is 11.6 Å². The number of anilines is 2. The van der Waals surface area contributed by atoms with E-state index >= 15 is 0 Å². The van der Waals surface area contributed by atoms with Gasteiger partial charge in [0.1, 0.15) is 17.5 Å². The molecule has 3 heterocycles. The predicted molar refractivity (Wildman–Crippen MR) is 123 cm³/mol. The Labute approximate surface area is 191 Å². The summed E-state index contributed by atoms with van der Waals surface area (Å²) in [5.74, 6) is -2.91. The van der Waals surface area contributed by atoms with Crippen molar-refractivity contribution in [3.8, 4) is 17.1 Å². The first-order chi connectivity index (χ1) is 16.3. The number of hydrogen-bond acceptors (Lipinski definition) is 6. The Hall–Kier alpha value is -4.47. The van der Waals surface area contributed by atoms with E-state index in [0.717, 1.165) is 12.1 Å². The van der Waals surface area contributed by atoms with Crippen molar-refractivity contribution in [3.05, 3.63) is 89.1 Å². The van der Waals surface area contributed by atoms with Gasteiger partial charge in [0.2, 0.25) is 0 Å². The maximum Gasteiger partial charge on any atom is 0.255 e. The Morgan fingerprint density at radius 3 is 2.32 bits per heavy atom. The Morgan fingerprint density at radius 1 is 0.882 bits per heavy atom. The topological polar surface area (TPSA) is 109 Å². The number of nitrogen functional groups attached to an aromatic ring is 2. The average Bonchev–Trinajstić information content (AvgIpc) is 3.18. The standard InChI is InChI=1S/C24H18F3N7/c1-12-13(6-4-10-30-12)20-22(28)31-24(32-23(20)29)34-19-7-3-2-5-14(19)18(33-34)11-15-16(25)8-9-17(26)21(15)27/h2-10H,11H2,1H3,(H4,28,29,31,32). The van der Waals surface area contributed by atoms with Crippen LogP contribution in [0.1, 0.15) is 17.0 Å². The van der Waals surface area contributed by atoms with Crippen LogP contribution in [0.5, 0.6) is 0 Å². The Kier molecular flexibility index (Phi) is 5.12. The monoisotopic (exact) mass is 461 g/mol. The molecule has 0 aliphatic heterocycles. The molecule has 4 N–H and O–H groups in total. The van der Waals surface area contributed by atoms with Crippen molar-refractivity contribution in [3.63, 3.8) is 0 Å². The fraction of sp³-hybridized carbons (Fsp3) is 0.0833. The summed E-state index contributed by atoms with van der Waals surface area (Å²) in [6.45, 7) is 1.82. The average molecular weight is 461 g/mol. The summed E-state index contributed by atoms with van der Waals surface area (Å²) in [6, 6.07) is 12.2. The van der Waals surface area contributed by atoms with Crippen LogP contribution in [0.25, 0.3) is 28.0 Å². The molecule has 0 saturated carbocycles. The number of fused-ring (bicyclic) bond motifs is 1. The van der Waals surface area contributed by atoms with Crippen molar-refractivity contribution in [2.45, 2.75) is 13.3 Å². The van der Waals surface area contributed by atoms with Gasteiger partial charge in [0.05, 0.1) is 16.8 Å². The summed E-state index contributed by atoms with van der Waals surface area (Å²) < 4.78 is 43.7. The molecule has 0 amide bonds. The highest BCUT2D eigenvalue weighted by Gasteiger charge is 2.21. The van der Waals surface area contributed by atoms with E-state index in [9.17, 15) is 13.2 Å². The highest BCUT2D eigenvalue weighted by molar-refractivity contribution is 5.86. The quantitative estimate of drug-likeness (QED) is 0.385. The second kappa shape index (κ2) is 8.14. The van der Waals surface area contributed by atoms with Crippen LogP contribution in [0.15, 0.2) is 54.7 Å². The normalized spacial score (nSPS) is 11.3. The number of nitrogens with two attached hydrogens (primary N) is 2. The van der Waals surface area contributed by atoms with Crippen LogP contribution < -0.4 is 11.5 Å². The predicted octanol–water partition coefficient (Wildman–Crippen LogP) is 4.36. The molecular weight excluding hydrogens is 443 g/mol. The number of benzene rings is 2. The van der Waals surface area contributed by atoms with E-state index in [1.54, 1.807) is 36.5 Å². The van der Waals surface area contributed by atoms with Crippen molar-refractivity contribution in [2.24, 2.45) is 0 Å². The Bertz CT molecular complexity index is 1540. The third-order valence-corrected chi connectivity index (χ3v) is 5.57. The minimum absolute atomic E-state index is 0.0860. The minimum Gasteiger partial charge on any atom is -0.383 e. The first kappa shape index (κ1) is 21.4. The zero-order valence-corrected chi connectivity index (χ0v) is 17.9. The van der Waals surface area contributed by atoms with Crippen LogP contribution in [-0.4, -0.2) is 24.7 Å². The second-order valence-electron chi connectivity index (χ2n) is 7.68. The Balaban J connectivity index is 1.65. The van der Waals surface area contributed by atoms with Gasteiger partial charge in [-0.05, 0) is 31.2 Å². The maximum atomic E-state index is 14.3. The fourth-order valence-electron chi connectivity index (χ4n) is 3.92. The lowest BCUT2D eigenvalue weighted by atomic mass is 10.1. The fourth-order valence-corrected chi connectivity index (χ4v) is 3.92. The van der Waals surface area contributed by atoms with Gasteiger partial charge in [-0.3, -0.25) is 4.98 Å². The lowest BCUT2D eigenvalue weighted by Crippen LogP contribution is -2.11. The van der Waals surface area contributed by atoms with Gasteiger partial charge in [-0.2, -0.15) is 19.7 Å². The molecule has 0 aliphatic carbocycles. The van der Waals surface area contributed by atoms with Gasteiger partial charge >= 0.3 is 0 Å². The zero-order valence-electron chi connectivity index (χ0n) is 17.9. The summed E-state index contributed by atoms with van der Waals surface area (Å²) in [5.41, 5.74) is 14.8. The molecule has 3 aromatic heterocycles. The summed E-state index contributed by atoms with van der Waals surface area (Å²) in [7, 11) is 0. The molecule has 10 heteroatoms. The molecular formula is C24H18F3N7. The number of nitrogens with zero attached hydrogens (tertiary/aromatic N) is 5. The molecule has 0 fully saturated rings. The lowest BCUT2D eigenvalue weighted by molar-refractivity contribution is 0.482. The zero-order chi connectivity index (χ0) is 24.0. The van der Waals surface area contributed by atoms with Crippen molar-refractivity contribution < 1.29 is 13.2 Å². The molecule has 0 spiro atoms. The van der Waals surface area contributed by atoms with Gasteiger partial charge in [0.25, 0.3) is 5.95 Å². The largest absolute Gasteiger partial charge is 0.383 e. The maximum absolute atomic E-state index is 14.3. The minimum atomic E-state index is -1.25. The molecule has 0 unspecified atom stereocenters. The van der Waals surface area contributed by atoms with E-state index in [1.165, 1.54) is 4.68 Å². The van der Waals surface area contributed by atoms with Crippen LogP contribution in [0, 0.1) is 24.4 Å². The van der Waals surface area contributed by atoms with E-state index in [4.69, 9.17) is 11.5 Å². The molecule has 2 aromatic carbocycles. The molecule has 170 valence electrons. The molecule has 0 saturated heterocycles. The van der Waals surface area contributed by atoms with E-state index in [1.807, 2.05) is 13.0 Å². The van der Waals surface area contributed by atoms with E-state index in [2.05, 4.69) is 20.1 Å². The third-order valence-electron chi connectivity index (χ3n) is 5.57. The van der Waals surface area contributed by atoms with Crippen LogP contribution >= 0.6 is 0 Å². The molecule has 5 aromatic rings. The van der Waals surface area contributed by atoms with Crippen LogP contribution in [0.3, 0.4) is 0 Å². The van der Waals surface area contributed by atoms with Gasteiger partial charge in [-0.15, -0.1) is 0 Å². The van der Waals surface area contributed by atoms with Crippen LogP contribution in [-0.2, 0) is 6.42 Å². The number of hydrogen-bond donors (Lipinski definition) is 2. The molecule has 0 aliphatic rings. The summed E-state index contributed by atoms with van der Waals surface area (Å²) in [5, 5.41) is 5.08. The number of rotatable bonds is 4. The first-order valence-corrected chi connectivity index (χ1v) is 10.3. The number of para-hydroxylation sites is 1. The highest BCUT2D eigenvalue weighted by atomic mass is 19.2. The smallest absolute Gasteiger partial charge is 0.255 e. The first-order valence-electron chi connectivity index (χ1n) is 10.3. The van der Waals surface area contributed by atoms with E-state index < -0.39 is 23.0 Å². The number of halogens is 3. The third kappa shape index (κ3) is 3.49. The van der Waals surface area contributed by atoms with E-state index in [0.29, 0.717) is 33.4 Å². The molecule has 0 bridgehead atoms. The van der Waals surface area contributed by atoms with Crippen molar-refractivity contribution in [2.75, 3.05) is 11.5 Å². The van der Waals surface area contributed by atoms with Crippen molar-refractivity contribution in [1.82, 2.24) is 24.7 Å². The van der Waals surface area contributed by atoms with Crippen LogP contribution in [0.2, 0.25) is 0 Å². The van der Waals surface area contributed by atoms with Gasteiger partial charge in [-0.25, -0.2) is 13.2 Å². The number of aromatic nitrogens is 5. The molecule has 0 atom stereocenters. The lowest BCUT2D eigenvalue weighted by Gasteiger charge is -2.12. The summed E-state index contributed by atoms with van der Waals surface area (Å²) >= 11 is 0. The van der Waals surface area contributed by atoms with E-state index in [-0.39, 0.29) is 24.0 Å². The number of aryl methyl sites for hydroxylation is 1. The second-order valence-corrected chi connectivity index (χ2v) is 7.68. The molecule has 0 radical (unpaired) electrons. The Morgan fingerprint density at radius 2 is 1.59 bits per heavy atom. The molecule has 7 nitrogen and oxygen atoms in total. The van der Waals surface area contributed by atoms with Crippen molar-refractivity contribution in [1.29, 1.82) is 0 Å². The van der Waals surface area contributed by atoms with Crippen molar-refractivity contribution >= 4 is 22.5 Å². The highest BCUT2D eigenvalue weighted by Crippen LogP contribution is 2.32. The van der Waals surface area contributed by atoms with Gasteiger partial charge in [-0.1, -0.05) is 24.3 Å². The van der Waals surface area contributed by atoms with Crippen LogP contribution in [0.4, 0.5) is 24.8 Å². The molecule has 34 heavy (non-hydrogen) atoms. The van der Waals surface area contributed by atoms with Gasteiger partial charge < -0.3 is 11.5 Å². The summed E-state index contributed by atoms with van der Waals surface area (Å²) in [6.07, 6.45) is 1.38. The number of pyridine rings is 1. The summed E-state index contributed by atoms with van der Waals surface area (Å²) in [4.78, 5) is 13.0. The molecule has 5 rings (SSSR count). The SMILES string of the molecule is Cc1ncccc1-c1c(N)nc(-n2nc(Cc3c(F)ccc(F)c3F)c3ccccc32)nc1N. The van der Waals surface area contributed by atoms with Gasteiger partial charge in [0, 0.05) is 34.8 Å².